The van der Waals surface area contributed by atoms with Crippen molar-refractivity contribution < 1.29 is 4.42 Å². The molecule has 0 saturated carbocycles. The molecule has 0 fully saturated rings. The maximum atomic E-state index is 6.94. The summed E-state index contributed by atoms with van der Waals surface area (Å²) in [5.74, 6) is 0. The quantitative estimate of drug-likeness (QED) is 0.169. The number of anilines is 3. The van der Waals surface area contributed by atoms with Gasteiger partial charge in [-0.25, -0.2) is 0 Å². The number of fused-ring (bicyclic) bond motifs is 9. The highest BCUT2D eigenvalue weighted by atomic mass is 16.3. The van der Waals surface area contributed by atoms with Crippen LogP contribution in [-0.2, 0) is 0 Å². The molecule has 0 aliphatic carbocycles. The molecule has 3 heteroatoms. The number of hydrogen-bond acceptors (Lipinski definition) is 2. The van der Waals surface area contributed by atoms with E-state index in [1.54, 1.807) is 0 Å². The summed E-state index contributed by atoms with van der Waals surface area (Å²) < 4.78 is 9.31. The average Bonchev–Trinajstić information content (AvgIpc) is 3.86. The van der Waals surface area contributed by atoms with E-state index >= 15 is 0 Å². The zero-order valence-electron chi connectivity index (χ0n) is 32.1. The molecule has 59 heavy (non-hydrogen) atoms. The number of furan rings is 1. The summed E-state index contributed by atoms with van der Waals surface area (Å²) in [5.41, 5.74) is 12.9. The van der Waals surface area contributed by atoms with Crippen molar-refractivity contribution in [2.45, 2.75) is 0 Å². The molecular weight excluding hydrogens is 717 g/mol. The van der Waals surface area contributed by atoms with Crippen molar-refractivity contribution in [1.82, 2.24) is 4.57 Å². The fourth-order valence-corrected chi connectivity index (χ4v) is 9.25. The molecule has 0 N–H and O–H groups in total. The van der Waals surface area contributed by atoms with Crippen molar-refractivity contribution in [2.75, 3.05) is 4.90 Å². The summed E-state index contributed by atoms with van der Waals surface area (Å²) in [6.07, 6.45) is 0. The van der Waals surface area contributed by atoms with E-state index in [0.717, 1.165) is 61.3 Å². The molecule has 12 rings (SSSR count). The molecule has 0 unspecified atom stereocenters. The Balaban J connectivity index is 1.14. The van der Waals surface area contributed by atoms with Gasteiger partial charge in [-0.05, 0) is 111 Å². The van der Waals surface area contributed by atoms with Crippen molar-refractivity contribution in [1.29, 1.82) is 0 Å². The third-order valence-electron chi connectivity index (χ3n) is 11.9. The Labute approximate surface area is 341 Å². The molecular formula is C56H36N2O. The van der Waals surface area contributed by atoms with Crippen LogP contribution in [0, 0.1) is 0 Å². The Bertz CT molecular complexity index is 3560. The van der Waals surface area contributed by atoms with Gasteiger partial charge in [-0.1, -0.05) is 152 Å². The van der Waals surface area contributed by atoms with Crippen molar-refractivity contribution in [3.63, 3.8) is 0 Å². The predicted molar refractivity (Wildman–Crippen MR) is 249 cm³/mol. The summed E-state index contributed by atoms with van der Waals surface area (Å²) in [7, 11) is 0. The van der Waals surface area contributed by atoms with E-state index in [4.69, 9.17) is 4.42 Å². The number of nitrogens with zero attached hydrogens (tertiary/aromatic N) is 2. The van der Waals surface area contributed by atoms with Gasteiger partial charge in [0.05, 0.1) is 16.7 Å². The van der Waals surface area contributed by atoms with E-state index in [9.17, 15) is 0 Å². The van der Waals surface area contributed by atoms with Gasteiger partial charge in [0.15, 0.2) is 5.58 Å². The summed E-state index contributed by atoms with van der Waals surface area (Å²) in [6.45, 7) is 0. The van der Waals surface area contributed by atoms with Crippen LogP contribution in [0.2, 0.25) is 0 Å². The van der Waals surface area contributed by atoms with E-state index < -0.39 is 0 Å². The van der Waals surface area contributed by atoms with Gasteiger partial charge < -0.3 is 13.9 Å². The van der Waals surface area contributed by atoms with Gasteiger partial charge in [0.25, 0.3) is 0 Å². The van der Waals surface area contributed by atoms with Crippen LogP contribution in [0.5, 0.6) is 0 Å². The number of benzene rings is 10. The first kappa shape index (κ1) is 33.3. The summed E-state index contributed by atoms with van der Waals surface area (Å²) in [4.78, 5) is 2.39. The topological polar surface area (TPSA) is 21.3 Å². The van der Waals surface area contributed by atoms with Gasteiger partial charge in [-0.15, -0.1) is 0 Å². The van der Waals surface area contributed by atoms with E-state index in [2.05, 4.69) is 228 Å². The van der Waals surface area contributed by atoms with Gasteiger partial charge in [0, 0.05) is 38.6 Å². The standard InChI is InChI=1S/C56H36N2O/c1-3-15-38(16-4-1)49-35-43(29-31-45(49)41-27-26-37-14-7-8-18-40(37)34-41)57(53-25-13-23-48-55-46-21-10-9-17-39(46)28-33-54(55)59-56(48)53)44-30-32-52-50(36-44)47-22-11-12-24-51(47)58(52)42-19-5-2-6-20-42/h1-36H. The van der Waals surface area contributed by atoms with Crippen LogP contribution in [0.1, 0.15) is 0 Å². The zero-order valence-corrected chi connectivity index (χ0v) is 32.1. The molecule has 0 aliphatic rings. The number of aromatic nitrogens is 1. The maximum absolute atomic E-state index is 6.94. The first-order chi connectivity index (χ1) is 29.3. The van der Waals surface area contributed by atoms with Crippen molar-refractivity contribution in [3.8, 4) is 27.9 Å². The lowest BCUT2D eigenvalue weighted by atomic mass is 9.92. The minimum absolute atomic E-state index is 0.852. The number of hydrogen-bond donors (Lipinski definition) is 0. The maximum Gasteiger partial charge on any atom is 0.159 e. The first-order valence-electron chi connectivity index (χ1n) is 20.2. The molecule has 12 aromatic rings. The predicted octanol–water partition coefficient (Wildman–Crippen LogP) is 15.8. The smallest absolute Gasteiger partial charge is 0.159 e. The normalized spacial score (nSPS) is 11.7. The van der Waals surface area contributed by atoms with Crippen LogP contribution in [0.15, 0.2) is 223 Å². The van der Waals surface area contributed by atoms with Crippen molar-refractivity contribution in [2.24, 2.45) is 0 Å². The molecule has 0 radical (unpaired) electrons. The molecule has 0 spiro atoms. The van der Waals surface area contributed by atoms with Gasteiger partial charge in [-0.2, -0.15) is 0 Å². The molecule has 3 nitrogen and oxygen atoms in total. The second kappa shape index (κ2) is 13.4. The van der Waals surface area contributed by atoms with Crippen LogP contribution in [0.3, 0.4) is 0 Å². The highest BCUT2D eigenvalue weighted by molar-refractivity contribution is 6.21. The fourth-order valence-electron chi connectivity index (χ4n) is 9.25. The Hall–Kier alpha value is -7.88. The van der Waals surface area contributed by atoms with Gasteiger partial charge in [0.1, 0.15) is 5.58 Å². The van der Waals surface area contributed by atoms with E-state index in [1.807, 2.05) is 0 Å². The SMILES string of the molecule is c1ccc(-c2cc(N(c3ccc4c(c3)c3ccccc3n4-c3ccccc3)c3cccc4c3oc3ccc5ccccc5c34)ccc2-c2ccc3ccccc3c2)cc1. The Morgan fingerprint density at radius 2 is 1.03 bits per heavy atom. The third kappa shape index (κ3) is 5.36. The molecule has 2 heterocycles. The molecule has 0 aliphatic heterocycles. The van der Waals surface area contributed by atoms with Crippen LogP contribution in [0.4, 0.5) is 17.1 Å². The monoisotopic (exact) mass is 752 g/mol. The lowest BCUT2D eigenvalue weighted by Crippen LogP contribution is -2.10. The minimum Gasteiger partial charge on any atom is -0.454 e. The van der Waals surface area contributed by atoms with E-state index in [-0.39, 0.29) is 0 Å². The summed E-state index contributed by atoms with van der Waals surface area (Å²) in [6, 6.07) is 78.7. The second-order valence-corrected chi connectivity index (χ2v) is 15.3. The molecule has 0 saturated heterocycles. The average molecular weight is 753 g/mol. The third-order valence-corrected chi connectivity index (χ3v) is 11.9. The number of rotatable bonds is 6. The van der Waals surface area contributed by atoms with Gasteiger partial charge in [0.2, 0.25) is 0 Å². The number of para-hydroxylation sites is 3. The Morgan fingerprint density at radius 3 is 1.90 bits per heavy atom. The lowest BCUT2D eigenvalue weighted by Gasteiger charge is -2.27. The Morgan fingerprint density at radius 1 is 0.373 bits per heavy atom. The molecule has 10 aromatic carbocycles. The fraction of sp³-hybridized carbons (Fsp3) is 0. The molecule has 0 amide bonds. The minimum atomic E-state index is 0.852. The van der Waals surface area contributed by atoms with Crippen LogP contribution < -0.4 is 4.90 Å². The van der Waals surface area contributed by atoms with Gasteiger partial charge >= 0.3 is 0 Å². The van der Waals surface area contributed by atoms with Crippen LogP contribution in [0.25, 0.3) is 93.2 Å². The lowest BCUT2D eigenvalue weighted by molar-refractivity contribution is 0.669. The van der Waals surface area contributed by atoms with Crippen molar-refractivity contribution in [3.05, 3.63) is 218 Å². The second-order valence-electron chi connectivity index (χ2n) is 15.3. The van der Waals surface area contributed by atoms with Crippen molar-refractivity contribution >= 4 is 82.4 Å². The van der Waals surface area contributed by atoms with E-state index in [1.165, 1.54) is 49.0 Å². The first-order valence-corrected chi connectivity index (χ1v) is 20.2. The Kier molecular flexibility index (Phi) is 7.54. The molecule has 0 atom stereocenters. The van der Waals surface area contributed by atoms with Gasteiger partial charge in [-0.3, -0.25) is 0 Å². The highest BCUT2D eigenvalue weighted by Gasteiger charge is 2.23. The van der Waals surface area contributed by atoms with E-state index in [0.29, 0.717) is 0 Å². The van der Waals surface area contributed by atoms with Crippen LogP contribution in [-0.4, -0.2) is 4.57 Å². The highest BCUT2D eigenvalue weighted by Crippen LogP contribution is 2.47. The summed E-state index contributed by atoms with van der Waals surface area (Å²) >= 11 is 0. The summed E-state index contributed by atoms with van der Waals surface area (Å²) in [5, 5.41) is 9.47. The van der Waals surface area contributed by atoms with Crippen LogP contribution >= 0.6 is 0 Å². The largest absolute Gasteiger partial charge is 0.454 e. The zero-order chi connectivity index (χ0) is 38.9. The molecule has 2 aromatic heterocycles. The molecule has 276 valence electrons. The molecule has 0 bridgehead atoms.